The molecule has 2 fully saturated rings. The van der Waals surface area contributed by atoms with Crippen molar-refractivity contribution in [3.05, 3.63) is 11.9 Å². The molecule has 1 aromatic heterocycles. The smallest absolute Gasteiger partial charge is 0.0825 e. The summed E-state index contributed by atoms with van der Waals surface area (Å²) in [5, 5.41) is 12.0. The van der Waals surface area contributed by atoms with E-state index in [9.17, 15) is 0 Å². The number of aryl methyl sites for hydroxylation is 2. The molecule has 0 spiro atoms. The minimum atomic E-state index is 0.613. The summed E-state index contributed by atoms with van der Waals surface area (Å²) in [5.74, 6) is 0.781. The zero-order valence-corrected chi connectivity index (χ0v) is 12.9. The Morgan fingerprint density at radius 3 is 2.70 bits per heavy atom. The number of aromatic nitrogens is 2. The third-order valence-corrected chi connectivity index (χ3v) is 5.04. The lowest BCUT2D eigenvalue weighted by molar-refractivity contribution is 0.217. The summed E-state index contributed by atoms with van der Waals surface area (Å²) in [5.41, 5.74) is 2.34. The van der Waals surface area contributed by atoms with Crippen molar-refractivity contribution in [2.45, 2.75) is 64.0 Å². The number of anilines is 1. The Kier molecular flexibility index (Phi) is 4.29. The number of rotatable bonds is 3. The van der Waals surface area contributed by atoms with E-state index in [0.29, 0.717) is 6.04 Å². The number of nitrogens with zero attached hydrogens (tertiary/aromatic N) is 2. The predicted molar refractivity (Wildman–Crippen MR) is 83.0 cm³/mol. The molecule has 3 unspecified atom stereocenters. The largest absolute Gasteiger partial charge is 0.379 e. The number of piperidine rings is 1. The van der Waals surface area contributed by atoms with Crippen LogP contribution < -0.4 is 10.6 Å². The number of hydrogen-bond acceptors (Lipinski definition) is 3. The van der Waals surface area contributed by atoms with Gasteiger partial charge in [0.1, 0.15) is 0 Å². The first kappa shape index (κ1) is 13.9. The quantitative estimate of drug-likeness (QED) is 0.892. The topological polar surface area (TPSA) is 41.9 Å². The lowest BCUT2D eigenvalue weighted by Crippen LogP contribution is -2.48. The van der Waals surface area contributed by atoms with Crippen LogP contribution in [-0.2, 0) is 7.05 Å². The molecule has 1 saturated carbocycles. The monoisotopic (exact) mass is 276 g/mol. The van der Waals surface area contributed by atoms with Crippen LogP contribution in [0.5, 0.6) is 0 Å². The number of nitrogens with one attached hydrogen (secondary N) is 2. The van der Waals surface area contributed by atoms with Crippen LogP contribution in [0.15, 0.2) is 6.20 Å². The van der Waals surface area contributed by atoms with E-state index in [2.05, 4.69) is 28.9 Å². The summed E-state index contributed by atoms with van der Waals surface area (Å²) in [7, 11) is 2.00. The molecule has 4 heteroatoms. The molecule has 4 nitrogen and oxygen atoms in total. The van der Waals surface area contributed by atoms with Crippen molar-refractivity contribution in [1.29, 1.82) is 0 Å². The van der Waals surface area contributed by atoms with Gasteiger partial charge in [-0.3, -0.25) is 4.68 Å². The van der Waals surface area contributed by atoms with Crippen LogP contribution in [0.2, 0.25) is 0 Å². The Hall–Kier alpha value is -1.03. The Labute approximate surface area is 122 Å². The van der Waals surface area contributed by atoms with Gasteiger partial charge in [0.2, 0.25) is 0 Å². The third kappa shape index (κ3) is 3.00. The van der Waals surface area contributed by atoms with E-state index >= 15 is 0 Å². The summed E-state index contributed by atoms with van der Waals surface area (Å²) in [6.45, 7) is 3.30. The fourth-order valence-corrected chi connectivity index (χ4v) is 4.01. The van der Waals surface area contributed by atoms with Crippen molar-refractivity contribution in [3.8, 4) is 0 Å². The molecule has 2 heterocycles. The van der Waals surface area contributed by atoms with Gasteiger partial charge < -0.3 is 10.6 Å². The van der Waals surface area contributed by atoms with Gasteiger partial charge in [-0.05, 0) is 45.1 Å². The highest BCUT2D eigenvalue weighted by molar-refractivity contribution is 5.46. The van der Waals surface area contributed by atoms with Crippen molar-refractivity contribution >= 4 is 5.69 Å². The average molecular weight is 276 g/mol. The van der Waals surface area contributed by atoms with Crippen LogP contribution >= 0.6 is 0 Å². The van der Waals surface area contributed by atoms with Gasteiger partial charge in [-0.2, -0.15) is 5.10 Å². The molecule has 0 radical (unpaired) electrons. The first-order chi connectivity index (χ1) is 9.74. The lowest BCUT2D eigenvalue weighted by Gasteiger charge is -2.40. The minimum Gasteiger partial charge on any atom is -0.379 e. The van der Waals surface area contributed by atoms with E-state index in [-0.39, 0.29) is 0 Å². The fourth-order valence-electron chi connectivity index (χ4n) is 4.01. The van der Waals surface area contributed by atoms with Gasteiger partial charge in [0, 0.05) is 25.3 Å². The molecule has 0 bridgehead atoms. The summed E-state index contributed by atoms with van der Waals surface area (Å²) in [4.78, 5) is 0. The summed E-state index contributed by atoms with van der Waals surface area (Å²) in [6, 6.07) is 1.33. The van der Waals surface area contributed by atoms with E-state index in [1.165, 1.54) is 57.2 Å². The van der Waals surface area contributed by atoms with Gasteiger partial charge in [0.05, 0.1) is 11.4 Å². The lowest BCUT2D eigenvalue weighted by atomic mass is 9.77. The summed E-state index contributed by atoms with van der Waals surface area (Å²) >= 11 is 0. The van der Waals surface area contributed by atoms with Crippen LogP contribution in [-0.4, -0.2) is 28.4 Å². The van der Waals surface area contributed by atoms with Crippen molar-refractivity contribution in [2.75, 3.05) is 11.9 Å². The maximum absolute atomic E-state index is 4.45. The second-order valence-electron chi connectivity index (χ2n) is 6.56. The molecule has 20 heavy (non-hydrogen) atoms. The van der Waals surface area contributed by atoms with Crippen molar-refractivity contribution in [2.24, 2.45) is 13.0 Å². The highest BCUT2D eigenvalue weighted by Gasteiger charge is 2.32. The Morgan fingerprint density at radius 2 is 2.00 bits per heavy atom. The molecule has 1 aromatic rings. The van der Waals surface area contributed by atoms with Crippen LogP contribution in [0.4, 0.5) is 5.69 Å². The van der Waals surface area contributed by atoms with E-state index in [4.69, 9.17) is 0 Å². The van der Waals surface area contributed by atoms with E-state index in [1.54, 1.807) is 0 Å². The molecule has 3 rings (SSSR count). The molecule has 1 saturated heterocycles. The zero-order valence-electron chi connectivity index (χ0n) is 12.9. The molecule has 2 aliphatic rings. The summed E-state index contributed by atoms with van der Waals surface area (Å²) in [6.07, 6.45) is 11.7. The molecule has 112 valence electrons. The predicted octanol–water partition coefficient (Wildman–Crippen LogP) is 2.84. The molecular weight excluding hydrogens is 248 g/mol. The summed E-state index contributed by atoms with van der Waals surface area (Å²) < 4.78 is 1.91. The highest BCUT2D eigenvalue weighted by Crippen LogP contribution is 2.32. The van der Waals surface area contributed by atoms with Crippen molar-refractivity contribution < 1.29 is 0 Å². The van der Waals surface area contributed by atoms with Gasteiger partial charge in [0.15, 0.2) is 0 Å². The second-order valence-corrected chi connectivity index (χ2v) is 6.56. The Balaban J connectivity index is 1.70. The van der Waals surface area contributed by atoms with Gasteiger partial charge in [-0.1, -0.05) is 19.3 Å². The maximum atomic E-state index is 4.45. The molecule has 2 N–H and O–H groups in total. The van der Waals surface area contributed by atoms with Crippen LogP contribution in [0, 0.1) is 12.8 Å². The standard InChI is InChI=1S/C16H28N4/c1-12-16(11-20(2)19-12)18-15-9-4-3-7-13(15)14-8-5-6-10-17-14/h11,13-15,17-18H,3-10H2,1-2H3. The highest BCUT2D eigenvalue weighted by atomic mass is 15.3. The Bertz CT molecular complexity index is 434. The molecule has 3 atom stereocenters. The van der Waals surface area contributed by atoms with Crippen LogP contribution in [0.1, 0.15) is 50.6 Å². The first-order valence-electron chi connectivity index (χ1n) is 8.24. The van der Waals surface area contributed by atoms with Crippen molar-refractivity contribution in [3.63, 3.8) is 0 Å². The van der Waals surface area contributed by atoms with Crippen LogP contribution in [0.3, 0.4) is 0 Å². The molecule has 1 aliphatic carbocycles. The fraction of sp³-hybridized carbons (Fsp3) is 0.812. The van der Waals surface area contributed by atoms with Crippen molar-refractivity contribution in [1.82, 2.24) is 15.1 Å². The van der Waals surface area contributed by atoms with Gasteiger partial charge in [-0.25, -0.2) is 0 Å². The van der Waals surface area contributed by atoms with Gasteiger partial charge in [-0.15, -0.1) is 0 Å². The average Bonchev–Trinajstić information content (AvgIpc) is 2.78. The van der Waals surface area contributed by atoms with E-state index in [0.717, 1.165) is 17.7 Å². The zero-order chi connectivity index (χ0) is 13.9. The first-order valence-corrected chi connectivity index (χ1v) is 8.24. The number of hydrogen-bond donors (Lipinski definition) is 2. The molecular formula is C16H28N4. The van der Waals surface area contributed by atoms with Gasteiger partial charge >= 0.3 is 0 Å². The van der Waals surface area contributed by atoms with E-state index < -0.39 is 0 Å². The van der Waals surface area contributed by atoms with Crippen LogP contribution in [0.25, 0.3) is 0 Å². The van der Waals surface area contributed by atoms with Gasteiger partial charge in [0.25, 0.3) is 0 Å². The third-order valence-electron chi connectivity index (χ3n) is 5.04. The molecule has 0 aromatic carbocycles. The van der Waals surface area contributed by atoms with E-state index in [1.807, 2.05) is 11.7 Å². The second kappa shape index (κ2) is 6.17. The molecule has 1 aliphatic heterocycles. The Morgan fingerprint density at radius 1 is 1.20 bits per heavy atom. The normalized spacial score (nSPS) is 31.2. The SMILES string of the molecule is Cc1nn(C)cc1NC1CCCCC1C1CCCCN1. The maximum Gasteiger partial charge on any atom is 0.0825 e. The minimum absolute atomic E-state index is 0.613. The molecule has 0 amide bonds.